The fourth-order valence-corrected chi connectivity index (χ4v) is 3.96. The molecule has 0 fully saturated rings. The Morgan fingerprint density at radius 2 is 1.87 bits per heavy atom. The van der Waals surface area contributed by atoms with E-state index in [1.54, 1.807) is 4.68 Å². The number of rotatable bonds is 9. The smallest absolute Gasteiger partial charge is 0.226 e. The number of carbonyl (C=O) groups excluding carboxylic acids is 1. The Balaban J connectivity index is 1.79. The average molecular weight is 457 g/mol. The predicted octanol–water partition coefficient (Wildman–Crippen LogP) is 6.43. The molecule has 0 aliphatic carbocycles. The van der Waals surface area contributed by atoms with Gasteiger partial charge in [0, 0.05) is 29.2 Å². The lowest BCUT2D eigenvalue weighted by atomic mass is 10.1. The minimum atomic E-state index is -0.0398. The van der Waals surface area contributed by atoms with Crippen LogP contribution in [-0.4, -0.2) is 20.3 Å². The number of nitrogens with one attached hydrogen (secondary N) is 1. The van der Waals surface area contributed by atoms with Gasteiger partial charge in [0.1, 0.15) is 0 Å². The number of nitrogens with zero attached hydrogens (tertiary/aromatic N) is 3. The number of para-hydroxylation sites is 1. The van der Waals surface area contributed by atoms with Gasteiger partial charge in [0.15, 0.2) is 10.6 Å². The van der Waals surface area contributed by atoms with Crippen molar-refractivity contribution in [1.82, 2.24) is 14.3 Å². The van der Waals surface area contributed by atoms with E-state index in [0.717, 1.165) is 54.0 Å². The maximum atomic E-state index is 12.7. The van der Waals surface area contributed by atoms with Crippen molar-refractivity contribution in [3.8, 4) is 11.4 Å². The maximum absolute atomic E-state index is 12.7. The third kappa shape index (κ3) is 5.63. The summed E-state index contributed by atoms with van der Waals surface area (Å²) in [7, 11) is 0. The zero-order valence-corrected chi connectivity index (χ0v) is 19.9. The van der Waals surface area contributed by atoms with Crippen LogP contribution in [0, 0.1) is 11.7 Å². The minimum absolute atomic E-state index is 0.0398. The molecule has 0 saturated heterocycles. The van der Waals surface area contributed by atoms with Gasteiger partial charge in [-0.25, -0.2) is 4.68 Å². The summed E-state index contributed by atoms with van der Waals surface area (Å²) in [6, 6.07) is 13.7. The van der Waals surface area contributed by atoms with Crippen molar-refractivity contribution >= 4 is 35.4 Å². The Labute approximate surface area is 194 Å². The van der Waals surface area contributed by atoms with Crippen molar-refractivity contribution in [2.45, 2.75) is 59.5 Å². The van der Waals surface area contributed by atoms with E-state index in [9.17, 15) is 4.79 Å². The van der Waals surface area contributed by atoms with Gasteiger partial charge >= 0.3 is 0 Å². The number of hydrogen-bond acceptors (Lipinski definition) is 3. The number of anilines is 1. The summed E-state index contributed by atoms with van der Waals surface area (Å²) >= 11 is 11.7. The second kappa shape index (κ2) is 10.7. The zero-order valence-electron chi connectivity index (χ0n) is 18.3. The van der Waals surface area contributed by atoms with Crippen molar-refractivity contribution in [3.63, 3.8) is 0 Å². The van der Waals surface area contributed by atoms with Crippen LogP contribution in [0.2, 0.25) is 5.02 Å². The number of amides is 1. The van der Waals surface area contributed by atoms with Gasteiger partial charge in [-0.1, -0.05) is 50.1 Å². The summed E-state index contributed by atoms with van der Waals surface area (Å²) in [5.74, 6) is 0.768. The minimum Gasteiger partial charge on any atom is -0.326 e. The summed E-state index contributed by atoms with van der Waals surface area (Å²) < 4.78 is 4.44. The van der Waals surface area contributed by atoms with Crippen LogP contribution in [0.25, 0.3) is 11.4 Å². The summed E-state index contributed by atoms with van der Waals surface area (Å²) in [6.45, 7) is 7.47. The van der Waals surface area contributed by atoms with Crippen molar-refractivity contribution in [1.29, 1.82) is 0 Å². The summed E-state index contributed by atoms with van der Waals surface area (Å²) in [6.07, 6.45) is 3.24. The highest BCUT2D eigenvalue weighted by atomic mass is 35.5. The first-order valence-electron chi connectivity index (χ1n) is 10.8. The van der Waals surface area contributed by atoms with E-state index in [-0.39, 0.29) is 5.91 Å². The fraction of sp³-hybridized carbons (Fsp3) is 0.375. The van der Waals surface area contributed by atoms with E-state index >= 15 is 0 Å². The molecule has 0 bridgehead atoms. The third-order valence-electron chi connectivity index (χ3n) is 5.32. The second-order valence-corrected chi connectivity index (χ2v) is 8.40. The monoisotopic (exact) mass is 456 g/mol. The predicted molar refractivity (Wildman–Crippen MR) is 130 cm³/mol. The molecule has 0 atom stereocenters. The highest BCUT2D eigenvalue weighted by Crippen LogP contribution is 2.23. The molecule has 0 saturated carbocycles. The van der Waals surface area contributed by atoms with Crippen molar-refractivity contribution in [2.75, 3.05) is 5.32 Å². The van der Waals surface area contributed by atoms with E-state index in [4.69, 9.17) is 28.9 Å². The van der Waals surface area contributed by atoms with Gasteiger partial charge in [0.2, 0.25) is 5.91 Å². The number of aromatic nitrogens is 3. The van der Waals surface area contributed by atoms with Crippen LogP contribution in [0.3, 0.4) is 0 Å². The van der Waals surface area contributed by atoms with Crippen molar-refractivity contribution in [2.24, 2.45) is 0 Å². The Morgan fingerprint density at radius 1 is 1.13 bits per heavy atom. The van der Waals surface area contributed by atoms with Gasteiger partial charge in [-0.2, -0.15) is 5.10 Å². The Morgan fingerprint density at radius 3 is 2.55 bits per heavy atom. The van der Waals surface area contributed by atoms with Crippen LogP contribution in [0.1, 0.15) is 44.2 Å². The van der Waals surface area contributed by atoms with Gasteiger partial charge in [-0.15, -0.1) is 0 Å². The molecule has 164 valence electrons. The highest BCUT2D eigenvalue weighted by Gasteiger charge is 2.14. The van der Waals surface area contributed by atoms with Gasteiger partial charge in [-0.05, 0) is 67.4 Å². The second-order valence-electron chi connectivity index (χ2n) is 7.60. The van der Waals surface area contributed by atoms with E-state index in [1.165, 1.54) is 0 Å². The first-order valence-corrected chi connectivity index (χ1v) is 11.5. The molecular weight excluding hydrogens is 428 g/mol. The molecule has 1 amide bonds. The van der Waals surface area contributed by atoms with Crippen LogP contribution in [0.5, 0.6) is 0 Å². The van der Waals surface area contributed by atoms with Crippen LogP contribution in [0.15, 0.2) is 42.5 Å². The van der Waals surface area contributed by atoms with E-state index in [0.29, 0.717) is 22.8 Å². The third-order valence-corrected chi connectivity index (χ3v) is 6.00. The fourth-order valence-electron chi connectivity index (χ4n) is 3.53. The van der Waals surface area contributed by atoms with Gasteiger partial charge in [-0.3, -0.25) is 9.36 Å². The first kappa shape index (κ1) is 23.2. The number of halogens is 1. The molecule has 1 N–H and O–H groups in total. The molecule has 0 unspecified atom stereocenters. The number of benzene rings is 2. The van der Waals surface area contributed by atoms with E-state index < -0.39 is 0 Å². The molecule has 31 heavy (non-hydrogen) atoms. The molecule has 0 aliphatic heterocycles. The molecule has 0 spiro atoms. The van der Waals surface area contributed by atoms with Gasteiger partial charge < -0.3 is 5.32 Å². The normalized spacial score (nSPS) is 11.0. The van der Waals surface area contributed by atoms with Crippen LogP contribution < -0.4 is 5.32 Å². The molecule has 3 aromatic rings. The molecule has 5 nitrogen and oxygen atoms in total. The number of carbonyl (C=O) groups is 1. The highest BCUT2D eigenvalue weighted by molar-refractivity contribution is 7.71. The van der Waals surface area contributed by atoms with E-state index in [1.807, 2.05) is 49.4 Å². The van der Waals surface area contributed by atoms with Gasteiger partial charge in [0.05, 0.1) is 6.54 Å². The Bertz CT molecular complexity index is 1100. The molecule has 1 aromatic heterocycles. The van der Waals surface area contributed by atoms with Gasteiger partial charge in [0.25, 0.3) is 0 Å². The summed E-state index contributed by atoms with van der Waals surface area (Å²) in [5.41, 5.74) is 4.08. The van der Waals surface area contributed by atoms with Crippen LogP contribution in [0.4, 0.5) is 5.69 Å². The number of unbranched alkanes of at least 4 members (excludes halogenated alkanes) is 1. The average Bonchev–Trinajstić information content (AvgIpc) is 3.08. The Hall–Kier alpha value is -2.44. The topological polar surface area (TPSA) is 51.9 Å². The van der Waals surface area contributed by atoms with Crippen LogP contribution in [-0.2, 0) is 24.3 Å². The standard InChI is InChI=1S/C24H29ClN4OS/c1-4-6-15-28-23(19-10-12-20(25)13-11-19)27-29(24(28)31)16-14-21(30)26-22-17(3)8-7-9-18(22)5-2/h7-13H,4-6,14-16H2,1-3H3,(H,26,30). The zero-order chi connectivity index (χ0) is 22.4. The SMILES string of the molecule is CCCCn1c(-c2ccc(Cl)cc2)nn(CCC(=O)Nc2c(C)cccc2CC)c1=S. The maximum Gasteiger partial charge on any atom is 0.226 e. The Kier molecular flexibility index (Phi) is 8.04. The lowest BCUT2D eigenvalue weighted by Gasteiger charge is -2.13. The van der Waals surface area contributed by atoms with Crippen LogP contribution >= 0.6 is 23.8 Å². The summed E-state index contributed by atoms with van der Waals surface area (Å²) in [5, 5.41) is 8.50. The lowest BCUT2D eigenvalue weighted by Crippen LogP contribution is -2.17. The molecule has 3 rings (SSSR count). The lowest BCUT2D eigenvalue weighted by molar-refractivity contribution is -0.116. The quantitative estimate of drug-likeness (QED) is 0.377. The molecular formula is C24H29ClN4OS. The van der Waals surface area contributed by atoms with Crippen molar-refractivity contribution < 1.29 is 4.79 Å². The largest absolute Gasteiger partial charge is 0.326 e. The summed E-state index contributed by atoms with van der Waals surface area (Å²) in [4.78, 5) is 12.7. The number of hydrogen-bond donors (Lipinski definition) is 1. The number of aryl methyl sites for hydroxylation is 3. The molecule has 2 aromatic carbocycles. The molecule has 0 aliphatic rings. The molecule has 7 heteroatoms. The van der Waals surface area contributed by atoms with E-state index in [2.05, 4.69) is 23.7 Å². The first-order chi connectivity index (χ1) is 14.9. The molecule has 1 heterocycles. The van der Waals surface area contributed by atoms with Crippen molar-refractivity contribution in [3.05, 3.63) is 63.4 Å². The molecule has 0 radical (unpaired) electrons.